The summed E-state index contributed by atoms with van der Waals surface area (Å²) in [4.78, 5) is 27.1. The van der Waals surface area contributed by atoms with Gasteiger partial charge in [-0.1, -0.05) is 22.0 Å². The zero-order valence-electron chi connectivity index (χ0n) is 16.2. The Morgan fingerprint density at radius 1 is 1.00 bits per heavy atom. The monoisotopic (exact) mass is 474 g/mol. The Labute approximate surface area is 181 Å². The first-order chi connectivity index (χ1) is 14.4. The Balaban J connectivity index is 1.36. The van der Waals surface area contributed by atoms with E-state index in [1.54, 1.807) is 19.1 Å². The average molecular weight is 475 g/mol. The standard InChI is InChI=1S/C21H19BrN2O6/c1-21(9-12-2-3-15-16(6-12)30-11-29-15)19(25)24(20(26)23-21)10-13-7-17-18(8-14(13)22)28-5-4-27-17/h2-3,6-8H,4-5,9-11H2,1H3,(H,23,26). The zero-order chi connectivity index (χ0) is 20.9. The van der Waals surface area contributed by atoms with Gasteiger partial charge in [0, 0.05) is 10.9 Å². The largest absolute Gasteiger partial charge is 0.486 e. The summed E-state index contributed by atoms with van der Waals surface area (Å²) in [5.41, 5.74) is 0.582. The van der Waals surface area contributed by atoms with E-state index in [1.165, 1.54) is 4.90 Å². The lowest BCUT2D eigenvalue weighted by Crippen LogP contribution is -2.45. The molecule has 0 spiro atoms. The zero-order valence-corrected chi connectivity index (χ0v) is 17.8. The maximum Gasteiger partial charge on any atom is 0.325 e. The van der Waals surface area contributed by atoms with Gasteiger partial charge in [-0.2, -0.15) is 0 Å². The van der Waals surface area contributed by atoms with Crippen LogP contribution in [0.15, 0.2) is 34.8 Å². The van der Waals surface area contributed by atoms with Crippen LogP contribution in [0.25, 0.3) is 0 Å². The molecule has 0 aromatic heterocycles. The summed E-state index contributed by atoms with van der Waals surface area (Å²) < 4.78 is 22.7. The molecule has 0 aliphatic carbocycles. The molecule has 30 heavy (non-hydrogen) atoms. The van der Waals surface area contributed by atoms with Gasteiger partial charge in [-0.3, -0.25) is 9.69 Å². The summed E-state index contributed by atoms with van der Waals surface area (Å²) in [5, 5.41) is 2.84. The molecule has 1 fully saturated rings. The molecule has 2 aromatic rings. The Morgan fingerprint density at radius 2 is 1.70 bits per heavy atom. The van der Waals surface area contributed by atoms with E-state index in [1.807, 2.05) is 18.2 Å². The molecule has 1 unspecified atom stereocenters. The van der Waals surface area contributed by atoms with Gasteiger partial charge in [0.15, 0.2) is 23.0 Å². The molecule has 1 saturated heterocycles. The molecule has 3 amide bonds. The smallest absolute Gasteiger partial charge is 0.325 e. The lowest BCUT2D eigenvalue weighted by atomic mass is 9.92. The predicted octanol–water partition coefficient (Wildman–Crippen LogP) is 3.00. The van der Waals surface area contributed by atoms with Gasteiger partial charge in [-0.15, -0.1) is 0 Å². The molecule has 0 radical (unpaired) electrons. The van der Waals surface area contributed by atoms with Crippen molar-refractivity contribution in [1.82, 2.24) is 10.2 Å². The number of rotatable bonds is 4. The molecule has 3 aliphatic heterocycles. The lowest BCUT2D eigenvalue weighted by Gasteiger charge is -2.23. The minimum Gasteiger partial charge on any atom is -0.486 e. The molecule has 1 atom stereocenters. The van der Waals surface area contributed by atoms with Gasteiger partial charge >= 0.3 is 6.03 Å². The highest BCUT2D eigenvalue weighted by atomic mass is 79.9. The molecule has 3 heterocycles. The van der Waals surface area contributed by atoms with Crippen LogP contribution in [0.2, 0.25) is 0 Å². The average Bonchev–Trinajstić information content (AvgIpc) is 3.26. The van der Waals surface area contributed by atoms with Gasteiger partial charge in [0.05, 0.1) is 6.54 Å². The molecule has 2 aromatic carbocycles. The van der Waals surface area contributed by atoms with E-state index in [2.05, 4.69) is 21.2 Å². The van der Waals surface area contributed by atoms with E-state index in [4.69, 9.17) is 18.9 Å². The third-order valence-electron chi connectivity index (χ3n) is 5.38. The van der Waals surface area contributed by atoms with E-state index < -0.39 is 11.6 Å². The maximum absolute atomic E-state index is 13.2. The highest BCUT2D eigenvalue weighted by Crippen LogP contribution is 2.37. The molecule has 0 bridgehead atoms. The van der Waals surface area contributed by atoms with Crippen LogP contribution in [0.1, 0.15) is 18.1 Å². The number of amides is 3. The second-order valence-electron chi connectivity index (χ2n) is 7.61. The van der Waals surface area contributed by atoms with Crippen molar-refractivity contribution in [3.05, 3.63) is 45.9 Å². The maximum atomic E-state index is 13.2. The van der Waals surface area contributed by atoms with Crippen molar-refractivity contribution in [1.29, 1.82) is 0 Å². The van der Waals surface area contributed by atoms with Crippen LogP contribution in [0, 0.1) is 0 Å². The third kappa shape index (κ3) is 3.23. The molecular weight excluding hydrogens is 456 g/mol. The summed E-state index contributed by atoms with van der Waals surface area (Å²) in [6.07, 6.45) is 0.340. The van der Waals surface area contributed by atoms with Crippen LogP contribution in [-0.2, 0) is 17.8 Å². The Kier molecular flexibility index (Phi) is 4.50. The number of urea groups is 1. The van der Waals surface area contributed by atoms with Crippen molar-refractivity contribution in [2.24, 2.45) is 0 Å². The number of halogens is 1. The Bertz CT molecular complexity index is 1060. The molecule has 156 valence electrons. The van der Waals surface area contributed by atoms with Crippen LogP contribution in [-0.4, -0.2) is 42.4 Å². The highest BCUT2D eigenvalue weighted by molar-refractivity contribution is 9.10. The van der Waals surface area contributed by atoms with E-state index in [-0.39, 0.29) is 19.2 Å². The quantitative estimate of drug-likeness (QED) is 0.685. The van der Waals surface area contributed by atoms with Gasteiger partial charge in [-0.05, 0) is 42.3 Å². The van der Waals surface area contributed by atoms with Gasteiger partial charge in [0.2, 0.25) is 6.79 Å². The topological polar surface area (TPSA) is 86.3 Å². The van der Waals surface area contributed by atoms with Crippen LogP contribution >= 0.6 is 15.9 Å². The number of nitrogens with zero attached hydrogens (tertiary/aromatic N) is 1. The third-order valence-corrected chi connectivity index (χ3v) is 6.12. The Hall–Kier alpha value is -2.94. The molecule has 3 aliphatic rings. The Morgan fingerprint density at radius 3 is 2.50 bits per heavy atom. The van der Waals surface area contributed by atoms with Crippen molar-refractivity contribution in [3.63, 3.8) is 0 Å². The fraction of sp³-hybridized carbons (Fsp3) is 0.333. The van der Waals surface area contributed by atoms with E-state index in [0.29, 0.717) is 42.6 Å². The number of imide groups is 1. The first-order valence-electron chi connectivity index (χ1n) is 9.54. The van der Waals surface area contributed by atoms with Crippen LogP contribution in [0.5, 0.6) is 23.0 Å². The van der Waals surface area contributed by atoms with Gasteiger partial charge in [0.1, 0.15) is 18.8 Å². The van der Waals surface area contributed by atoms with E-state index >= 15 is 0 Å². The lowest BCUT2D eigenvalue weighted by molar-refractivity contribution is -0.131. The second-order valence-corrected chi connectivity index (χ2v) is 8.46. The number of carbonyl (C=O) groups is 2. The fourth-order valence-electron chi connectivity index (χ4n) is 3.87. The molecule has 0 saturated carbocycles. The summed E-state index contributed by atoms with van der Waals surface area (Å²) >= 11 is 3.50. The highest BCUT2D eigenvalue weighted by Gasteiger charge is 2.48. The molecular formula is C21H19BrN2O6. The number of benzene rings is 2. The number of hydrogen-bond acceptors (Lipinski definition) is 6. The summed E-state index contributed by atoms with van der Waals surface area (Å²) in [7, 11) is 0. The number of carbonyl (C=O) groups excluding carboxylic acids is 2. The molecule has 1 N–H and O–H groups in total. The summed E-state index contributed by atoms with van der Waals surface area (Å²) in [5.74, 6) is 2.28. The first kappa shape index (κ1) is 19.0. The fourth-order valence-corrected chi connectivity index (χ4v) is 4.31. The summed E-state index contributed by atoms with van der Waals surface area (Å²) in [6.45, 7) is 2.99. The van der Waals surface area contributed by atoms with Crippen molar-refractivity contribution < 1.29 is 28.5 Å². The van der Waals surface area contributed by atoms with Crippen LogP contribution < -0.4 is 24.3 Å². The van der Waals surface area contributed by atoms with Crippen molar-refractivity contribution in [3.8, 4) is 23.0 Å². The second kappa shape index (κ2) is 7.09. The van der Waals surface area contributed by atoms with E-state index in [0.717, 1.165) is 15.6 Å². The first-order valence-corrected chi connectivity index (χ1v) is 10.3. The molecule has 8 nitrogen and oxygen atoms in total. The SMILES string of the molecule is CC1(Cc2ccc3c(c2)OCO3)NC(=O)N(Cc2cc3c(cc2Br)OCCO3)C1=O. The van der Waals surface area contributed by atoms with E-state index in [9.17, 15) is 9.59 Å². The molecule has 5 rings (SSSR count). The number of fused-ring (bicyclic) bond motifs is 2. The number of hydrogen-bond donors (Lipinski definition) is 1. The number of nitrogens with one attached hydrogen (secondary N) is 1. The van der Waals surface area contributed by atoms with Crippen molar-refractivity contribution >= 4 is 27.9 Å². The summed E-state index contributed by atoms with van der Waals surface area (Å²) in [6, 6.07) is 8.70. The minimum absolute atomic E-state index is 0.124. The minimum atomic E-state index is -1.05. The van der Waals surface area contributed by atoms with Gasteiger partial charge < -0.3 is 24.3 Å². The van der Waals surface area contributed by atoms with Crippen LogP contribution in [0.4, 0.5) is 4.79 Å². The van der Waals surface area contributed by atoms with Crippen LogP contribution in [0.3, 0.4) is 0 Å². The van der Waals surface area contributed by atoms with Crippen molar-refractivity contribution in [2.45, 2.75) is 25.4 Å². The normalized spacial score (nSPS) is 21.7. The number of ether oxygens (including phenoxy) is 4. The van der Waals surface area contributed by atoms with Gasteiger partial charge in [0.25, 0.3) is 5.91 Å². The predicted molar refractivity (Wildman–Crippen MR) is 109 cm³/mol. The van der Waals surface area contributed by atoms with Gasteiger partial charge in [-0.25, -0.2) is 4.79 Å². The molecule has 9 heteroatoms. The van der Waals surface area contributed by atoms with Crippen molar-refractivity contribution in [2.75, 3.05) is 20.0 Å².